The Morgan fingerprint density at radius 3 is 2.52 bits per heavy atom. The Morgan fingerprint density at radius 1 is 1.43 bits per heavy atom. The van der Waals surface area contributed by atoms with E-state index in [0.717, 1.165) is 12.8 Å². The van der Waals surface area contributed by atoms with Gasteiger partial charge >= 0.3 is 12.0 Å². The first-order valence-corrected chi connectivity index (χ1v) is 7.22. The largest absolute Gasteiger partial charge is 0.480 e. The highest BCUT2D eigenvalue weighted by Gasteiger charge is 2.42. The van der Waals surface area contributed by atoms with Crippen molar-refractivity contribution in [1.29, 1.82) is 0 Å². The number of aliphatic carboxylic acids is 1. The van der Waals surface area contributed by atoms with Gasteiger partial charge in [-0.05, 0) is 45.7 Å². The standard InChI is InChI=1S/C15H22N2O4/c1-4-17(15(2,3)13(18)19)14(20)16(11-7-8-11)10-12-6-5-9-21-12/h5-6,9,11H,4,7-8,10H2,1-3H3,(H,18,19). The lowest BCUT2D eigenvalue weighted by Crippen LogP contribution is -2.57. The molecule has 6 heteroatoms. The van der Waals surface area contributed by atoms with Crippen LogP contribution in [-0.4, -0.2) is 45.0 Å². The van der Waals surface area contributed by atoms with Gasteiger partial charge < -0.3 is 19.3 Å². The highest BCUT2D eigenvalue weighted by molar-refractivity contribution is 5.85. The Bertz CT molecular complexity index is 506. The number of furan rings is 1. The predicted molar refractivity (Wildman–Crippen MR) is 76.8 cm³/mol. The van der Waals surface area contributed by atoms with E-state index in [1.54, 1.807) is 38.0 Å². The summed E-state index contributed by atoms with van der Waals surface area (Å²) < 4.78 is 5.31. The van der Waals surface area contributed by atoms with Crippen molar-refractivity contribution in [2.24, 2.45) is 0 Å². The number of likely N-dealkylation sites (N-methyl/N-ethyl adjacent to an activating group) is 1. The van der Waals surface area contributed by atoms with E-state index in [-0.39, 0.29) is 12.1 Å². The van der Waals surface area contributed by atoms with E-state index in [0.29, 0.717) is 18.8 Å². The average Bonchev–Trinajstić information content (AvgIpc) is 3.13. The van der Waals surface area contributed by atoms with Crippen molar-refractivity contribution in [1.82, 2.24) is 9.80 Å². The van der Waals surface area contributed by atoms with Crippen LogP contribution in [0.5, 0.6) is 0 Å². The van der Waals surface area contributed by atoms with Crippen LogP contribution in [0.15, 0.2) is 22.8 Å². The third kappa shape index (κ3) is 3.20. The quantitative estimate of drug-likeness (QED) is 0.875. The zero-order valence-corrected chi connectivity index (χ0v) is 12.7. The van der Waals surface area contributed by atoms with E-state index in [2.05, 4.69) is 0 Å². The lowest BCUT2D eigenvalue weighted by molar-refractivity contribution is -0.147. The highest BCUT2D eigenvalue weighted by atomic mass is 16.4. The molecule has 2 rings (SSSR count). The van der Waals surface area contributed by atoms with Gasteiger partial charge in [0.05, 0.1) is 12.8 Å². The number of rotatable bonds is 6. The van der Waals surface area contributed by atoms with Gasteiger partial charge in [0.15, 0.2) is 0 Å². The summed E-state index contributed by atoms with van der Waals surface area (Å²) in [5.74, 6) is -0.300. The average molecular weight is 294 g/mol. The van der Waals surface area contributed by atoms with Crippen LogP contribution in [0, 0.1) is 0 Å². The molecule has 0 spiro atoms. The molecule has 0 bridgehead atoms. The Hall–Kier alpha value is -1.98. The van der Waals surface area contributed by atoms with E-state index in [4.69, 9.17) is 4.42 Å². The second kappa shape index (κ2) is 5.79. The van der Waals surface area contributed by atoms with Gasteiger partial charge in [-0.1, -0.05) is 0 Å². The van der Waals surface area contributed by atoms with Gasteiger partial charge in [-0.3, -0.25) is 0 Å². The monoisotopic (exact) mass is 294 g/mol. The molecule has 6 nitrogen and oxygen atoms in total. The summed E-state index contributed by atoms with van der Waals surface area (Å²) in [7, 11) is 0. The maximum absolute atomic E-state index is 12.8. The van der Waals surface area contributed by atoms with Crippen molar-refractivity contribution in [3.63, 3.8) is 0 Å². The van der Waals surface area contributed by atoms with Gasteiger partial charge in [-0.15, -0.1) is 0 Å². The zero-order chi connectivity index (χ0) is 15.6. The van der Waals surface area contributed by atoms with E-state index in [1.807, 2.05) is 6.07 Å². The summed E-state index contributed by atoms with van der Waals surface area (Å²) in [5, 5.41) is 9.35. The predicted octanol–water partition coefficient (Wildman–Crippen LogP) is 2.55. The van der Waals surface area contributed by atoms with E-state index < -0.39 is 11.5 Å². The van der Waals surface area contributed by atoms with Crippen LogP contribution in [0.4, 0.5) is 4.79 Å². The molecule has 0 aliphatic heterocycles. The number of hydrogen-bond donors (Lipinski definition) is 1. The third-order valence-corrected chi connectivity index (χ3v) is 3.88. The van der Waals surface area contributed by atoms with Crippen molar-refractivity contribution in [2.75, 3.05) is 6.54 Å². The molecule has 0 saturated heterocycles. The number of carboxylic acid groups (broad SMARTS) is 1. The fourth-order valence-electron chi connectivity index (χ4n) is 2.35. The van der Waals surface area contributed by atoms with Crippen LogP contribution >= 0.6 is 0 Å². The maximum atomic E-state index is 12.8. The van der Waals surface area contributed by atoms with E-state index >= 15 is 0 Å². The summed E-state index contributed by atoms with van der Waals surface area (Å²) in [5.41, 5.74) is -1.23. The minimum absolute atomic E-state index is 0.182. The molecule has 0 unspecified atom stereocenters. The Kier molecular flexibility index (Phi) is 4.25. The first kappa shape index (κ1) is 15.4. The summed E-state index contributed by atoms with van der Waals surface area (Å²) in [6.45, 7) is 5.62. The number of carbonyl (C=O) groups excluding carboxylic acids is 1. The van der Waals surface area contributed by atoms with Crippen LogP contribution in [0.3, 0.4) is 0 Å². The molecule has 1 N–H and O–H groups in total. The number of carbonyl (C=O) groups is 2. The van der Waals surface area contributed by atoms with Gasteiger partial charge in [0.25, 0.3) is 0 Å². The van der Waals surface area contributed by atoms with Gasteiger partial charge in [0.2, 0.25) is 0 Å². The smallest absolute Gasteiger partial charge is 0.329 e. The number of carboxylic acids is 1. The molecule has 1 saturated carbocycles. The number of urea groups is 1. The maximum Gasteiger partial charge on any atom is 0.329 e. The van der Waals surface area contributed by atoms with Gasteiger partial charge in [-0.2, -0.15) is 0 Å². The van der Waals surface area contributed by atoms with Gasteiger partial charge in [0, 0.05) is 12.6 Å². The Labute approximate surface area is 124 Å². The molecule has 21 heavy (non-hydrogen) atoms. The van der Waals surface area contributed by atoms with Crippen LogP contribution in [0.2, 0.25) is 0 Å². The van der Waals surface area contributed by atoms with Crippen LogP contribution in [0.25, 0.3) is 0 Å². The lowest BCUT2D eigenvalue weighted by atomic mass is 10.0. The molecule has 1 heterocycles. The molecular formula is C15H22N2O4. The molecule has 1 fully saturated rings. The highest BCUT2D eigenvalue weighted by Crippen LogP contribution is 2.31. The van der Waals surface area contributed by atoms with Crippen molar-refractivity contribution in [3.05, 3.63) is 24.2 Å². The fourth-order valence-corrected chi connectivity index (χ4v) is 2.35. The number of hydrogen-bond acceptors (Lipinski definition) is 3. The molecule has 0 radical (unpaired) electrons. The Morgan fingerprint density at radius 2 is 2.10 bits per heavy atom. The van der Waals surface area contributed by atoms with Crippen LogP contribution < -0.4 is 0 Å². The molecule has 1 aliphatic rings. The first-order chi connectivity index (χ1) is 9.87. The van der Waals surface area contributed by atoms with Gasteiger partial charge in [-0.25, -0.2) is 9.59 Å². The molecule has 1 aromatic heterocycles. The summed E-state index contributed by atoms with van der Waals surface area (Å²) >= 11 is 0. The van der Waals surface area contributed by atoms with Crippen LogP contribution in [-0.2, 0) is 11.3 Å². The molecule has 1 aromatic rings. The van der Waals surface area contributed by atoms with Crippen molar-refractivity contribution < 1.29 is 19.1 Å². The van der Waals surface area contributed by atoms with Gasteiger partial charge in [0.1, 0.15) is 11.3 Å². The summed E-state index contributed by atoms with van der Waals surface area (Å²) in [6, 6.07) is 3.54. The second-order valence-corrected chi connectivity index (χ2v) is 5.83. The first-order valence-electron chi connectivity index (χ1n) is 7.22. The normalized spacial score (nSPS) is 14.8. The van der Waals surface area contributed by atoms with E-state index in [1.165, 1.54) is 4.90 Å². The minimum atomic E-state index is -1.23. The van der Waals surface area contributed by atoms with Crippen molar-refractivity contribution in [3.8, 4) is 0 Å². The molecule has 116 valence electrons. The molecule has 2 amide bonds. The topological polar surface area (TPSA) is 74.0 Å². The Balaban J connectivity index is 2.18. The second-order valence-electron chi connectivity index (χ2n) is 5.83. The fraction of sp³-hybridized carbons (Fsp3) is 0.600. The molecule has 0 aromatic carbocycles. The van der Waals surface area contributed by atoms with Crippen molar-refractivity contribution in [2.45, 2.75) is 51.7 Å². The summed E-state index contributed by atoms with van der Waals surface area (Å²) in [6.07, 6.45) is 3.48. The molecule has 1 aliphatic carbocycles. The number of nitrogens with zero attached hydrogens (tertiary/aromatic N) is 2. The lowest BCUT2D eigenvalue weighted by Gasteiger charge is -2.38. The van der Waals surface area contributed by atoms with E-state index in [9.17, 15) is 14.7 Å². The minimum Gasteiger partial charge on any atom is -0.480 e. The molecular weight excluding hydrogens is 272 g/mol. The SMILES string of the molecule is CCN(C(=O)N(Cc1ccco1)C1CC1)C(C)(C)C(=O)O. The summed E-state index contributed by atoms with van der Waals surface area (Å²) in [4.78, 5) is 27.3. The zero-order valence-electron chi connectivity index (χ0n) is 12.7. The third-order valence-electron chi connectivity index (χ3n) is 3.88. The number of amides is 2. The molecule has 0 atom stereocenters. The van der Waals surface area contributed by atoms with Crippen molar-refractivity contribution >= 4 is 12.0 Å². The van der Waals surface area contributed by atoms with Crippen LogP contribution in [0.1, 0.15) is 39.4 Å².